The molecule has 1 atom stereocenters. The van der Waals surface area contributed by atoms with Crippen LogP contribution in [0.3, 0.4) is 0 Å². The largest absolute Gasteiger partial charge is 0.264 e. The molecule has 0 saturated carbocycles. The Bertz CT molecular complexity index is 822. The maximum Gasteiger partial charge on any atom is 0.264 e. The minimum Gasteiger partial charge on any atom is -0.259 e. The molecular weight excluding hydrogens is 294 g/mol. The standard InChI is InChI=1S/C18H19NO2S/c1-13(2)18-12-15-6-4-5-7-17(15)19(18)22(20,21)16-10-8-14(3)9-11-16/h4-11,18H,1,12H2,2-3H3. The van der Waals surface area contributed by atoms with Gasteiger partial charge in [0.1, 0.15) is 0 Å². The third kappa shape index (κ3) is 2.33. The van der Waals surface area contributed by atoms with Crippen molar-refractivity contribution >= 4 is 15.7 Å². The molecule has 4 heteroatoms. The van der Waals surface area contributed by atoms with Crippen molar-refractivity contribution in [2.24, 2.45) is 0 Å². The van der Waals surface area contributed by atoms with Gasteiger partial charge in [0, 0.05) is 0 Å². The second kappa shape index (κ2) is 5.29. The van der Waals surface area contributed by atoms with E-state index < -0.39 is 10.0 Å². The topological polar surface area (TPSA) is 37.4 Å². The molecule has 0 spiro atoms. The fourth-order valence-corrected chi connectivity index (χ4v) is 4.59. The van der Waals surface area contributed by atoms with Gasteiger partial charge in [0.2, 0.25) is 0 Å². The molecule has 0 aliphatic carbocycles. The number of hydrogen-bond donors (Lipinski definition) is 0. The van der Waals surface area contributed by atoms with Crippen LogP contribution >= 0.6 is 0 Å². The van der Waals surface area contributed by atoms with Crippen LogP contribution in [0.25, 0.3) is 0 Å². The number of rotatable bonds is 3. The van der Waals surface area contributed by atoms with Gasteiger partial charge in [0.15, 0.2) is 0 Å². The van der Waals surface area contributed by atoms with Gasteiger partial charge >= 0.3 is 0 Å². The van der Waals surface area contributed by atoms with Crippen LogP contribution < -0.4 is 4.31 Å². The zero-order valence-electron chi connectivity index (χ0n) is 12.8. The van der Waals surface area contributed by atoms with Crippen molar-refractivity contribution in [2.75, 3.05) is 4.31 Å². The summed E-state index contributed by atoms with van der Waals surface area (Å²) in [7, 11) is -3.59. The highest BCUT2D eigenvalue weighted by Gasteiger charge is 2.38. The van der Waals surface area contributed by atoms with E-state index in [4.69, 9.17) is 0 Å². The van der Waals surface area contributed by atoms with E-state index >= 15 is 0 Å². The molecule has 1 aliphatic heterocycles. The summed E-state index contributed by atoms with van der Waals surface area (Å²) in [5, 5.41) is 0. The number of nitrogens with zero attached hydrogens (tertiary/aromatic N) is 1. The van der Waals surface area contributed by atoms with Gasteiger partial charge in [-0.05, 0) is 44.0 Å². The first-order valence-electron chi connectivity index (χ1n) is 7.25. The van der Waals surface area contributed by atoms with E-state index in [2.05, 4.69) is 6.58 Å². The number of anilines is 1. The number of benzene rings is 2. The fraction of sp³-hybridized carbons (Fsp3) is 0.222. The van der Waals surface area contributed by atoms with E-state index in [0.29, 0.717) is 11.3 Å². The molecule has 114 valence electrons. The number of hydrogen-bond acceptors (Lipinski definition) is 2. The van der Waals surface area contributed by atoms with E-state index in [9.17, 15) is 8.42 Å². The first kappa shape index (κ1) is 14.9. The Morgan fingerprint density at radius 3 is 2.41 bits per heavy atom. The lowest BCUT2D eigenvalue weighted by molar-refractivity contribution is 0.586. The van der Waals surface area contributed by atoms with Crippen LogP contribution in [0.15, 0.2) is 65.6 Å². The van der Waals surface area contributed by atoms with Crippen molar-refractivity contribution in [3.63, 3.8) is 0 Å². The molecule has 2 aromatic carbocycles. The molecule has 0 radical (unpaired) electrons. The molecule has 0 aromatic heterocycles. The average molecular weight is 313 g/mol. The van der Waals surface area contributed by atoms with E-state index in [1.807, 2.05) is 50.2 Å². The Morgan fingerprint density at radius 2 is 1.77 bits per heavy atom. The summed E-state index contributed by atoms with van der Waals surface area (Å²) in [6.07, 6.45) is 0.677. The molecule has 0 bridgehead atoms. The van der Waals surface area contributed by atoms with Gasteiger partial charge in [-0.3, -0.25) is 4.31 Å². The molecule has 22 heavy (non-hydrogen) atoms. The van der Waals surface area contributed by atoms with Gasteiger partial charge in [-0.15, -0.1) is 0 Å². The Kier molecular flexibility index (Phi) is 3.57. The highest BCUT2D eigenvalue weighted by molar-refractivity contribution is 7.92. The highest BCUT2D eigenvalue weighted by atomic mass is 32.2. The maximum atomic E-state index is 13.1. The lowest BCUT2D eigenvalue weighted by Gasteiger charge is -2.27. The van der Waals surface area contributed by atoms with Gasteiger partial charge in [-0.1, -0.05) is 48.0 Å². The lowest BCUT2D eigenvalue weighted by atomic mass is 10.1. The van der Waals surface area contributed by atoms with Crippen molar-refractivity contribution in [3.8, 4) is 0 Å². The summed E-state index contributed by atoms with van der Waals surface area (Å²) in [5.74, 6) is 0. The molecule has 1 unspecified atom stereocenters. The summed E-state index contributed by atoms with van der Waals surface area (Å²) in [6, 6.07) is 14.4. The summed E-state index contributed by atoms with van der Waals surface area (Å²) >= 11 is 0. The van der Waals surface area contributed by atoms with Crippen LogP contribution in [0.5, 0.6) is 0 Å². The predicted molar refractivity (Wildman–Crippen MR) is 89.6 cm³/mol. The summed E-state index contributed by atoms with van der Waals surface area (Å²) < 4.78 is 27.7. The molecule has 1 aliphatic rings. The number of para-hydroxylation sites is 1. The Morgan fingerprint density at radius 1 is 1.14 bits per heavy atom. The third-order valence-corrected chi connectivity index (χ3v) is 5.91. The van der Waals surface area contributed by atoms with E-state index in [-0.39, 0.29) is 6.04 Å². The van der Waals surface area contributed by atoms with Crippen LogP contribution in [-0.4, -0.2) is 14.5 Å². The van der Waals surface area contributed by atoms with Gasteiger partial charge in [-0.2, -0.15) is 0 Å². The molecule has 3 nitrogen and oxygen atoms in total. The zero-order chi connectivity index (χ0) is 15.9. The first-order chi connectivity index (χ1) is 10.4. The average Bonchev–Trinajstić information content (AvgIpc) is 2.88. The fourth-order valence-electron chi connectivity index (χ4n) is 2.85. The van der Waals surface area contributed by atoms with Crippen molar-refractivity contribution in [1.29, 1.82) is 0 Å². The van der Waals surface area contributed by atoms with E-state index in [0.717, 1.165) is 22.4 Å². The Hall–Kier alpha value is -2.07. The second-order valence-corrected chi connectivity index (χ2v) is 7.62. The number of aryl methyl sites for hydroxylation is 1. The van der Waals surface area contributed by atoms with Gasteiger partial charge in [0.05, 0.1) is 16.6 Å². The molecule has 3 rings (SSSR count). The van der Waals surface area contributed by atoms with Gasteiger partial charge in [0.25, 0.3) is 10.0 Å². The van der Waals surface area contributed by atoms with Crippen LogP contribution in [-0.2, 0) is 16.4 Å². The molecule has 0 saturated heterocycles. The lowest BCUT2D eigenvalue weighted by Crippen LogP contribution is -2.38. The predicted octanol–water partition coefficient (Wildman–Crippen LogP) is 3.69. The summed E-state index contributed by atoms with van der Waals surface area (Å²) in [6.45, 7) is 7.81. The van der Waals surface area contributed by atoms with Crippen molar-refractivity contribution < 1.29 is 8.42 Å². The van der Waals surface area contributed by atoms with Crippen LogP contribution in [0, 0.1) is 6.92 Å². The summed E-state index contributed by atoms with van der Waals surface area (Å²) in [5.41, 5.74) is 3.70. The normalized spacial score (nSPS) is 17.4. The van der Waals surface area contributed by atoms with E-state index in [1.165, 1.54) is 4.31 Å². The first-order valence-corrected chi connectivity index (χ1v) is 8.69. The Labute approximate surface area is 132 Å². The maximum absolute atomic E-state index is 13.1. The monoisotopic (exact) mass is 313 g/mol. The van der Waals surface area contributed by atoms with Gasteiger partial charge in [-0.25, -0.2) is 8.42 Å². The number of fused-ring (bicyclic) bond motifs is 1. The zero-order valence-corrected chi connectivity index (χ0v) is 13.6. The molecule has 1 heterocycles. The van der Waals surface area contributed by atoms with Crippen molar-refractivity contribution in [2.45, 2.75) is 31.2 Å². The van der Waals surface area contributed by atoms with E-state index in [1.54, 1.807) is 12.1 Å². The number of sulfonamides is 1. The minimum atomic E-state index is -3.59. The molecular formula is C18H19NO2S. The molecule has 0 fully saturated rings. The van der Waals surface area contributed by atoms with Crippen molar-refractivity contribution in [3.05, 3.63) is 71.8 Å². The highest BCUT2D eigenvalue weighted by Crippen LogP contribution is 2.38. The molecule has 2 aromatic rings. The quantitative estimate of drug-likeness (QED) is 0.810. The summed E-state index contributed by atoms with van der Waals surface area (Å²) in [4.78, 5) is 0.320. The third-order valence-electron chi connectivity index (χ3n) is 4.07. The second-order valence-electron chi connectivity index (χ2n) is 5.81. The molecule has 0 amide bonds. The molecule has 0 N–H and O–H groups in total. The van der Waals surface area contributed by atoms with Crippen LogP contribution in [0.4, 0.5) is 5.69 Å². The minimum absolute atomic E-state index is 0.219. The SMILES string of the molecule is C=C(C)C1Cc2ccccc2N1S(=O)(=O)c1ccc(C)cc1. The Balaban J connectivity index is 2.14. The van der Waals surface area contributed by atoms with Crippen LogP contribution in [0.1, 0.15) is 18.1 Å². The van der Waals surface area contributed by atoms with Gasteiger partial charge < -0.3 is 0 Å². The smallest absolute Gasteiger partial charge is 0.259 e. The van der Waals surface area contributed by atoms with Crippen molar-refractivity contribution in [1.82, 2.24) is 0 Å². The van der Waals surface area contributed by atoms with Crippen LogP contribution in [0.2, 0.25) is 0 Å².